The van der Waals surface area contributed by atoms with Crippen LogP contribution in [0.5, 0.6) is 0 Å². The van der Waals surface area contributed by atoms with Crippen LogP contribution in [0.2, 0.25) is 0 Å². The standard InChI is InChI=1S/C13H12NO/c1-10(14-9-15)12-8-4-6-11-5-2-3-7-13(11)12/h2-8,10H,1H3,(H,14,15). The topological polar surface area (TPSA) is 29.1 Å². The fraction of sp³-hybridized carbons (Fsp3) is 0.154. The van der Waals surface area contributed by atoms with E-state index in [1.807, 2.05) is 31.2 Å². The van der Waals surface area contributed by atoms with Crippen molar-refractivity contribution < 1.29 is 4.79 Å². The molecule has 2 aromatic carbocycles. The third-order valence-corrected chi connectivity index (χ3v) is 2.57. The molecule has 0 bridgehead atoms. The van der Waals surface area contributed by atoms with Crippen LogP contribution in [0.4, 0.5) is 0 Å². The van der Waals surface area contributed by atoms with Crippen LogP contribution in [0.25, 0.3) is 10.8 Å². The SMILES string of the molecule is CC(N[C]=O)c1cccc2ccccc12. The molecule has 0 aliphatic heterocycles. The Morgan fingerprint density at radius 1 is 1.13 bits per heavy atom. The number of nitrogens with one attached hydrogen (secondary N) is 1. The Hall–Kier alpha value is -1.83. The minimum Gasteiger partial charge on any atom is -0.341 e. The molecule has 2 heteroatoms. The first kappa shape index (κ1) is 9.71. The van der Waals surface area contributed by atoms with E-state index in [1.54, 1.807) is 6.41 Å². The largest absolute Gasteiger partial charge is 0.341 e. The summed E-state index contributed by atoms with van der Waals surface area (Å²) >= 11 is 0. The highest BCUT2D eigenvalue weighted by Crippen LogP contribution is 2.23. The summed E-state index contributed by atoms with van der Waals surface area (Å²) < 4.78 is 0. The van der Waals surface area contributed by atoms with Crippen molar-refractivity contribution in [2.24, 2.45) is 0 Å². The number of hydrogen-bond acceptors (Lipinski definition) is 1. The van der Waals surface area contributed by atoms with E-state index in [0.29, 0.717) is 0 Å². The van der Waals surface area contributed by atoms with Crippen molar-refractivity contribution in [3.8, 4) is 0 Å². The van der Waals surface area contributed by atoms with Crippen LogP contribution < -0.4 is 5.32 Å². The molecule has 0 saturated heterocycles. The molecule has 0 aliphatic carbocycles. The van der Waals surface area contributed by atoms with E-state index < -0.39 is 0 Å². The van der Waals surface area contributed by atoms with E-state index in [4.69, 9.17) is 0 Å². The van der Waals surface area contributed by atoms with Crippen LogP contribution in [0.1, 0.15) is 18.5 Å². The molecule has 1 atom stereocenters. The Kier molecular flexibility index (Phi) is 2.68. The monoisotopic (exact) mass is 198 g/mol. The molecule has 0 aromatic heterocycles. The smallest absolute Gasteiger partial charge is 0.309 e. The van der Waals surface area contributed by atoms with Crippen LogP contribution in [-0.2, 0) is 4.79 Å². The van der Waals surface area contributed by atoms with Gasteiger partial charge in [0.15, 0.2) is 0 Å². The molecule has 2 nitrogen and oxygen atoms in total. The lowest BCUT2D eigenvalue weighted by Gasteiger charge is -2.12. The summed E-state index contributed by atoms with van der Waals surface area (Å²) in [7, 11) is 0. The molecule has 0 fully saturated rings. The number of carbonyl (C=O) groups excluding carboxylic acids is 1. The zero-order valence-electron chi connectivity index (χ0n) is 8.53. The van der Waals surface area contributed by atoms with Gasteiger partial charge in [-0.3, -0.25) is 4.79 Å². The summed E-state index contributed by atoms with van der Waals surface area (Å²) in [6.07, 6.45) is 1.73. The summed E-state index contributed by atoms with van der Waals surface area (Å²) in [5, 5.41) is 5.01. The number of hydrogen-bond donors (Lipinski definition) is 1. The van der Waals surface area contributed by atoms with E-state index >= 15 is 0 Å². The predicted octanol–water partition coefficient (Wildman–Crippen LogP) is 2.56. The first-order chi connectivity index (χ1) is 7.33. The van der Waals surface area contributed by atoms with Gasteiger partial charge in [-0.2, -0.15) is 0 Å². The second-order valence-electron chi connectivity index (χ2n) is 3.54. The van der Waals surface area contributed by atoms with E-state index in [1.165, 1.54) is 10.8 Å². The van der Waals surface area contributed by atoms with Gasteiger partial charge in [-0.15, -0.1) is 0 Å². The van der Waals surface area contributed by atoms with E-state index in [0.717, 1.165) is 5.56 Å². The molecular formula is C13H12NO. The highest BCUT2D eigenvalue weighted by molar-refractivity contribution is 5.86. The zero-order chi connectivity index (χ0) is 10.7. The summed E-state index contributed by atoms with van der Waals surface area (Å²) in [6.45, 7) is 1.95. The Labute approximate surface area is 88.9 Å². The van der Waals surface area contributed by atoms with E-state index in [2.05, 4.69) is 23.5 Å². The van der Waals surface area contributed by atoms with Crippen LogP contribution in [-0.4, -0.2) is 6.41 Å². The molecule has 1 unspecified atom stereocenters. The number of rotatable bonds is 3. The van der Waals surface area contributed by atoms with Gasteiger partial charge in [-0.05, 0) is 23.3 Å². The highest BCUT2D eigenvalue weighted by atomic mass is 16.1. The molecule has 0 heterocycles. The number of fused-ring (bicyclic) bond motifs is 1. The van der Waals surface area contributed by atoms with Crippen molar-refractivity contribution >= 4 is 17.2 Å². The summed E-state index contributed by atoms with van der Waals surface area (Å²) in [5.41, 5.74) is 1.12. The van der Waals surface area contributed by atoms with E-state index in [9.17, 15) is 4.79 Å². The second-order valence-corrected chi connectivity index (χ2v) is 3.54. The third-order valence-electron chi connectivity index (χ3n) is 2.57. The van der Waals surface area contributed by atoms with Crippen LogP contribution >= 0.6 is 0 Å². The Morgan fingerprint density at radius 2 is 1.87 bits per heavy atom. The first-order valence-corrected chi connectivity index (χ1v) is 4.93. The molecule has 2 aromatic rings. The Morgan fingerprint density at radius 3 is 2.67 bits per heavy atom. The number of benzene rings is 2. The molecular weight excluding hydrogens is 186 g/mol. The highest BCUT2D eigenvalue weighted by Gasteiger charge is 2.07. The van der Waals surface area contributed by atoms with Gasteiger partial charge in [-0.1, -0.05) is 42.5 Å². The third kappa shape index (κ3) is 1.84. The Balaban J connectivity index is 2.55. The van der Waals surface area contributed by atoms with E-state index in [-0.39, 0.29) is 6.04 Å². The maximum atomic E-state index is 10.3. The van der Waals surface area contributed by atoms with Crippen LogP contribution in [0.15, 0.2) is 42.5 Å². The van der Waals surface area contributed by atoms with Crippen molar-refractivity contribution in [3.63, 3.8) is 0 Å². The summed E-state index contributed by atoms with van der Waals surface area (Å²) in [5.74, 6) is 0. The van der Waals surface area contributed by atoms with Gasteiger partial charge in [-0.25, -0.2) is 0 Å². The van der Waals surface area contributed by atoms with Crippen molar-refractivity contribution in [2.75, 3.05) is 0 Å². The van der Waals surface area contributed by atoms with Crippen molar-refractivity contribution in [1.82, 2.24) is 5.32 Å². The van der Waals surface area contributed by atoms with Gasteiger partial charge >= 0.3 is 6.41 Å². The molecule has 0 aliphatic rings. The lowest BCUT2D eigenvalue weighted by atomic mass is 10.00. The predicted molar refractivity (Wildman–Crippen MR) is 61.2 cm³/mol. The van der Waals surface area contributed by atoms with Crippen molar-refractivity contribution in [3.05, 3.63) is 48.0 Å². The minimum absolute atomic E-state index is 0.00593. The first-order valence-electron chi connectivity index (χ1n) is 4.93. The lowest BCUT2D eigenvalue weighted by molar-refractivity contribution is 0.530. The lowest BCUT2D eigenvalue weighted by Crippen LogP contribution is -2.16. The summed E-state index contributed by atoms with van der Waals surface area (Å²) in [6, 6.07) is 14.2. The molecule has 75 valence electrons. The van der Waals surface area contributed by atoms with Crippen molar-refractivity contribution in [2.45, 2.75) is 13.0 Å². The maximum Gasteiger partial charge on any atom is 0.309 e. The quantitative estimate of drug-likeness (QED) is 0.754. The molecule has 1 N–H and O–H groups in total. The molecule has 1 amide bonds. The van der Waals surface area contributed by atoms with Crippen molar-refractivity contribution in [1.29, 1.82) is 0 Å². The molecule has 0 saturated carbocycles. The maximum absolute atomic E-state index is 10.3. The van der Waals surface area contributed by atoms with Crippen LogP contribution in [0, 0.1) is 0 Å². The number of amides is 1. The zero-order valence-corrected chi connectivity index (χ0v) is 8.53. The fourth-order valence-electron chi connectivity index (χ4n) is 1.79. The normalized spacial score (nSPS) is 12.3. The van der Waals surface area contributed by atoms with Gasteiger partial charge in [0, 0.05) is 0 Å². The van der Waals surface area contributed by atoms with Gasteiger partial charge in [0.25, 0.3) is 0 Å². The molecule has 15 heavy (non-hydrogen) atoms. The molecule has 0 spiro atoms. The second kappa shape index (κ2) is 4.13. The fourth-order valence-corrected chi connectivity index (χ4v) is 1.79. The van der Waals surface area contributed by atoms with Gasteiger partial charge in [0.1, 0.15) is 0 Å². The molecule has 1 radical (unpaired) electrons. The van der Waals surface area contributed by atoms with Gasteiger partial charge < -0.3 is 5.32 Å². The van der Waals surface area contributed by atoms with Gasteiger partial charge in [0.2, 0.25) is 0 Å². The van der Waals surface area contributed by atoms with Crippen LogP contribution in [0.3, 0.4) is 0 Å². The minimum atomic E-state index is -0.00593. The summed E-state index contributed by atoms with van der Waals surface area (Å²) in [4.78, 5) is 10.3. The average molecular weight is 198 g/mol. The average Bonchev–Trinajstić information content (AvgIpc) is 2.28. The van der Waals surface area contributed by atoms with Gasteiger partial charge in [0.05, 0.1) is 6.04 Å². The Bertz CT molecular complexity index is 473. The molecule has 2 rings (SSSR count).